The van der Waals surface area contributed by atoms with Crippen molar-refractivity contribution in [1.82, 2.24) is 5.32 Å². The minimum atomic E-state index is -0.511. The molecule has 1 amide bonds. The Morgan fingerprint density at radius 2 is 2.28 bits per heavy atom. The lowest BCUT2D eigenvalue weighted by Crippen LogP contribution is -2.31. The summed E-state index contributed by atoms with van der Waals surface area (Å²) in [5.74, 6) is -0.409. The third-order valence-corrected chi connectivity index (χ3v) is 2.82. The third-order valence-electron chi connectivity index (χ3n) is 1.98. The first-order chi connectivity index (χ1) is 8.58. The van der Waals surface area contributed by atoms with Crippen molar-refractivity contribution in [2.75, 3.05) is 13.2 Å². The van der Waals surface area contributed by atoms with Crippen molar-refractivity contribution >= 4 is 29.3 Å². The van der Waals surface area contributed by atoms with Crippen LogP contribution in [0.4, 0.5) is 0 Å². The number of carbonyl (C=O) groups is 2. The van der Waals surface area contributed by atoms with Gasteiger partial charge < -0.3 is 10.1 Å². The molecule has 98 valence electrons. The van der Waals surface area contributed by atoms with E-state index in [1.165, 1.54) is 17.4 Å². The number of esters is 1. The number of rotatable bonds is 6. The van der Waals surface area contributed by atoms with Gasteiger partial charge in [0, 0.05) is 17.5 Å². The third kappa shape index (κ3) is 6.20. The van der Waals surface area contributed by atoms with E-state index in [0.717, 1.165) is 4.88 Å². The molecule has 1 N–H and O–H groups in total. The summed E-state index contributed by atoms with van der Waals surface area (Å²) in [5, 5.41) is 4.59. The summed E-state index contributed by atoms with van der Waals surface area (Å²) in [6, 6.07) is 3.79. The van der Waals surface area contributed by atoms with Crippen LogP contribution in [0.2, 0.25) is 0 Å². The van der Waals surface area contributed by atoms with Gasteiger partial charge in [0.15, 0.2) is 6.61 Å². The van der Waals surface area contributed by atoms with Crippen molar-refractivity contribution in [3.63, 3.8) is 0 Å². The molecule has 0 aliphatic rings. The summed E-state index contributed by atoms with van der Waals surface area (Å²) in [4.78, 5) is 23.5. The largest absolute Gasteiger partial charge is 0.452 e. The maximum atomic E-state index is 11.3. The molecule has 4 nitrogen and oxygen atoms in total. The summed E-state index contributed by atoms with van der Waals surface area (Å²) < 4.78 is 4.80. The van der Waals surface area contributed by atoms with E-state index in [1.807, 2.05) is 31.4 Å². The lowest BCUT2D eigenvalue weighted by atomic mass is 10.2. The van der Waals surface area contributed by atoms with Gasteiger partial charge in [0.05, 0.1) is 0 Å². The van der Waals surface area contributed by atoms with Crippen molar-refractivity contribution in [1.29, 1.82) is 0 Å². The van der Waals surface area contributed by atoms with E-state index in [0.29, 0.717) is 12.5 Å². The van der Waals surface area contributed by atoms with E-state index in [4.69, 9.17) is 4.74 Å². The van der Waals surface area contributed by atoms with Crippen LogP contribution in [0.15, 0.2) is 23.6 Å². The van der Waals surface area contributed by atoms with Gasteiger partial charge in [0.25, 0.3) is 5.91 Å². The molecule has 0 unspecified atom stereocenters. The Bertz CT molecular complexity index is 410. The molecular formula is C13H17NO3S. The first-order valence-electron chi connectivity index (χ1n) is 5.73. The molecule has 0 atom stereocenters. The van der Waals surface area contributed by atoms with Crippen LogP contribution in [-0.4, -0.2) is 25.0 Å². The van der Waals surface area contributed by atoms with Crippen molar-refractivity contribution in [3.8, 4) is 0 Å². The lowest BCUT2D eigenvalue weighted by Gasteiger charge is -2.07. The van der Waals surface area contributed by atoms with Gasteiger partial charge in [-0.15, -0.1) is 11.3 Å². The van der Waals surface area contributed by atoms with Crippen molar-refractivity contribution in [3.05, 3.63) is 28.5 Å². The first kappa shape index (κ1) is 14.4. The van der Waals surface area contributed by atoms with E-state index >= 15 is 0 Å². The molecule has 0 aliphatic carbocycles. The lowest BCUT2D eigenvalue weighted by molar-refractivity contribution is -0.143. The van der Waals surface area contributed by atoms with Crippen molar-refractivity contribution in [2.45, 2.75) is 13.8 Å². The Hall–Kier alpha value is -1.62. The molecule has 1 aromatic heterocycles. The van der Waals surface area contributed by atoms with E-state index in [9.17, 15) is 9.59 Å². The van der Waals surface area contributed by atoms with Crippen LogP contribution in [-0.2, 0) is 14.3 Å². The minimum absolute atomic E-state index is 0.236. The van der Waals surface area contributed by atoms with Gasteiger partial charge in [-0.05, 0) is 23.4 Å². The van der Waals surface area contributed by atoms with E-state index in [2.05, 4.69) is 5.32 Å². The molecule has 5 heteroatoms. The highest BCUT2D eigenvalue weighted by atomic mass is 32.1. The standard InChI is InChI=1S/C13H17NO3S/c1-10(2)8-14-12(15)9-17-13(16)6-5-11-4-3-7-18-11/h3-7,10H,8-9H2,1-2H3,(H,14,15). The van der Waals surface area contributed by atoms with Crippen LogP contribution in [0.3, 0.4) is 0 Å². The fourth-order valence-electron chi connectivity index (χ4n) is 1.09. The molecule has 0 spiro atoms. The molecule has 1 aromatic rings. The summed E-state index contributed by atoms with van der Waals surface area (Å²) in [6.45, 7) is 4.34. The quantitative estimate of drug-likeness (QED) is 0.634. The fourth-order valence-corrected chi connectivity index (χ4v) is 1.71. The van der Waals surface area contributed by atoms with Crippen molar-refractivity contribution < 1.29 is 14.3 Å². The predicted molar refractivity (Wildman–Crippen MR) is 72.2 cm³/mol. The molecule has 1 rings (SSSR count). The smallest absolute Gasteiger partial charge is 0.331 e. The van der Waals surface area contributed by atoms with Gasteiger partial charge in [0.2, 0.25) is 0 Å². The van der Waals surface area contributed by atoms with Crippen LogP contribution in [0, 0.1) is 5.92 Å². The first-order valence-corrected chi connectivity index (χ1v) is 6.61. The zero-order chi connectivity index (χ0) is 13.4. The predicted octanol–water partition coefficient (Wildman–Crippen LogP) is 2.08. The number of thiophene rings is 1. The summed E-state index contributed by atoms with van der Waals surface area (Å²) in [7, 11) is 0. The number of carbonyl (C=O) groups excluding carboxylic acids is 2. The molecule has 0 aliphatic heterocycles. The van der Waals surface area contributed by atoms with Crippen LogP contribution < -0.4 is 5.32 Å². The minimum Gasteiger partial charge on any atom is -0.452 e. The van der Waals surface area contributed by atoms with Gasteiger partial charge in [-0.3, -0.25) is 4.79 Å². The Balaban J connectivity index is 2.23. The van der Waals surface area contributed by atoms with E-state index in [-0.39, 0.29) is 12.5 Å². The Kier molecular flexibility index (Phi) is 6.14. The zero-order valence-corrected chi connectivity index (χ0v) is 11.3. The van der Waals surface area contributed by atoms with Gasteiger partial charge in [-0.1, -0.05) is 19.9 Å². The summed E-state index contributed by atoms with van der Waals surface area (Å²) in [5.41, 5.74) is 0. The second kappa shape index (κ2) is 7.66. The highest BCUT2D eigenvalue weighted by Gasteiger charge is 2.05. The zero-order valence-electron chi connectivity index (χ0n) is 10.5. The Labute approximate surface area is 111 Å². The maximum absolute atomic E-state index is 11.3. The molecule has 1 heterocycles. The van der Waals surface area contributed by atoms with Gasteiger partial charge in [0.1, 0.15) is 0 Å². The monoisotopic (exact) mass is 267 g/mol. The van der Waals surface area contributed by atoms with Gasteiger partial charge >= 0.3 is 5.97 Å². The van der Waals surface area contributed by atoms with Crippen LogP contribution >= 0.6 is 11.3 Å². The average Bonchev–Trinajstić information content (AvgIpc) is 2.84. The van der Waals surface area contributed by atoms with E-state index in [1.54, 1.807) is 6.08 Å². The SMILES string of the molecule is CC(C)CNC(=O)COC(=O)C=Cc1cccs1. The summed E-state index contributed by atoms with van der Waals surface area (Å²) in [6.07, 6.45) is 2.99. The highest BCUT2D eigenvalue weighted by molar-refractivity contribution is 7.10. The summed E-state index contributed by atoms with van der Waals surface area (Å²) >= 11 is 1.53. The number of nitrogens with one attached hydrogen (secondary N) is 1. The normalized spacial score (nSPS) is 10.8. The molecule has 0 bridgehead atoms. The van der Waals surface area contributed by atoms with Crippen molar-refractivity contribution in [2.24, 2.45) is 5.92 Å². The van der Waals surface area contributed by atoms with Crippen LogP contribution in [0.5, 0.6) is 0 Å². The molecule has 0 saturated carbocycles. The molecular weight excluding hydrogens is 250 g/mol. The highest BCUT2D eigenvalue weighted by Crippen LogP contribution is 2.09. The number of amides is 1. The molecule has 18 heavy (non-hydrogen) atoms. The molecule has 0 saturated heterocycles. The second-order valence-electron chi connectivity index (χ2n) is 4.15. The van der Waals surface area contributed by atoms with Crippen LogP contribution in [0.25, 0.3) is 6.08 Å². The van der Waals surface area contributed by atoms with Gasteiger partial charge in [-0.25, -0.2) is 4.79 Å². The van der Waals surface area contributed by atoms with E-state index < -0.39 is 5.97 Å². The topological polar surface area (TPSA) is 55.4 Å². The molecule has 0 radical (unpaired) electrons. The molecule has 0 aromatic carbocycles. The fraction of sp³-hybridized carbons (Fsp3) is 0.385. The number of ether oxygens (including phenoxy) is 1. The Morgan fingerprint density at radius 1 is 1.50 bits per heavy atom. The molecule has 0 fully saturated rings. The second-order valence-corrected chi connectivity index (χ2v) is 5.13. The maximum Gasteiger partial charge on any atom is 0.331 e. The number of hydrogen-bond acceptors (Lipinski definition) is 4. The van der Waals surface area contributed by atoms with Gasteiger partial charge in [-0.2, -0.15) is 0 Å². The van der Waals surface area contributed by atoms with Crippen LogP contribution in [0.1, 0.15) is 18.7 Å². The average molecular weight is 267 g/mol. The number of hydrogen-bond donors (Lipinski definition) is 1. The Morgan fingerprint density at radius 3 is 2.89 bits per heavy atom.